The summed E-state index contributed by atoms with van der Waals surface area (Å²) in [5, 5.41) is 8.14. The zero-order valence-corrected chi connectivity index (χ0v) is 17.7. The predicted octanol–water partition coefficient (Wildman–Crippen LogP) is 4.54. The molecule has 0 spiro atoms. The lowest BCUT2D eigenvalue weighted by Crippen LogP contribution is -2.33. The smallest absolute Gasteiger partial charge is 0.387 e. The van der Waals surface area contributed by atoms with Crippen LogP contribution in [0.5, 0.6) is 5.75 Å². The number of hydrogen-bond acceptors (Lipinski definition) is 4. The van der Waals surface area contributed by atoms with E-state index in [-0.39, 0.29) is 17.0 Å². The lowest BCUT2D eigenvalue weighted by molar-refractivity contribution is -0.0498. The van der Waals surface area contributed by atoms with E-state index >= 15 is 0 Å². The highest BCUT2D eigenvalue weighted by Crippen LogP contribution is 2.26. The Bertz CT molecular complexity index is 1320. The van der Waals surface area contributed by atoms with Crippen molar-refractivity contribution in [3.8, 4) is 5.75 Å². The average molecular weight is 449 g/mol. The van der Waals surface area contributed by atoms with E-state index in [1.807, 2.05) is 30.3 Å². The second kappa shape index (κ2) is 9.60. The van der Waals surface area contributed by atoms with Gasteiger partial charge in [-0.2, -0.15) is 13.9 Å². The Morgan fingerprint density at radius 1 is 0.939 bits per heavy atom. The predicted molar refractivity (Wildman–Crippen MR) is 121 cm³/mol. The Balaban J connectivity index is 1.74. The minimum atomic E-state index is -2.92. The van der Waals surface area contributed by atoms with Crippen LogP contribution in [0.3, 0.4) is 0 Å². The van der Waals surface area contributed by atoms with E-state index in [1.165, 1.54) is 16.8 Å². The topological polar surface area (TPSA) is 73.2 Å². The quantitative estimate of drug-likeness (QED) is 0.450. The summed E-state index contributed by atoms with van der Waals surface area (Å²) in [7, 11) is 0. The second-order valence-corrected chi connectivity index (χ2v) is 7.28. The Kier molecular flexibility index (Phi) is 6.44. The van der Waals surface area contributed by atoms with Crippen LogP contribution in [0, 0.1) is 0 Å². The molecule has 0 aliphatic heterocycles. The number of aromatic nitrogens is 2. The zero-order valence-electron chi connectivity index (χ0n) is 17.7. The average Bonchev–Trinajstić information content (AvgIpc) is 2.83. The molecule has 1 amide bonds. The van der Waals surface area contributed by atoms with Crippen LogP contribution in [0.25, 0.3) is 10.8 Å². The van der Waals surface area contributed by atoms with Crippen molar-refractivity contribution in [2.45, 2.75) is 26.1 Å². The summed E-state index contributed by atoms with van der Waals surface area (Å²) in [6.07, 6.45) is 0. The highest BCUT2D eigenvalue weighted by molar-refractivity contribution is 6.05. The van der Waals surface area contributed by atoms with Crippen LogP contribution >= 0.6 is 0 Å². The summed E-state index contributed by atoms with van der Waals surface area (Å²) in [5.74, 6) is -0.440. The number of rotatable bonds is 7. The number of alkyl halides is 2. The number of benzene rings is 3. The van der Waals surface area contributed by atoms with Crippen molar-refractivity contribution in [3.05, 3.63) is 106 Å². The van der Waals surface area contributed by atoms with Crippen LogP contribution in [0.15, 0.2) is 83.7 Å². The van der Waals surface area contributed by atoms with E-state index in [2.05, 4.69) is 15.2 Å². The van der Waals surface area contributed by atoms with Crippen molar-refractivity contribution in [2.24, 2.45) is 0 Å². The lowest BCUT2D eigenvalue weighted by atomic mass is 9.98. The summed E-state index contributed by atoms with van der Waals surface area (Å²) >= 11 is 0. The zero-order chi connectivity index (χ0) is 23.4. The molecule has 4 rings (SSSR count). The molecule has 0 bridgehead atoms. The van der Waals surface area contributed by atoms with E-state index in [0.29, 0.717) is 22.9 Å². The highest BCUT2D eigenvalue weighted by atomic mass is 19.3. The first-order chi connectivity index (χ1) is 16.0. The number of halogens is 2. The van der Waals surface area contributed by atoms with Crippen LogP contribution in [-0.2, 0) is 6.54 Å². The summed E-state index contributed by atoms with van der Waals surface area (Å²) in [4.78, 5) is 26.0. The van der Waals surface area contributed by atoms with Gasteiger partial charge in [0.2, 0.25) is 0 Å². The van der Waals surface area contributed by atoms with E-state index in [0.717, 1.165) is 5.56 Å². The van der Waals surface area contributed by atoms with Gasteiger partial charge in [0.1, 0.15) is 5.75 Å². The maximum atomic E-state index is 13.4. The maximum absolute atomic E-state index is 13.4. The van der Waals surface area contributed by atoms with Crippen LogP contribution < -0.4 is 15.6 Å². The minimum absolute atomic E-state index is 0.0228. The van der Waals surface area contributed by atoms with Crippen LogP contribution in [-0.4, -0.2) is 22.3 Å². The van der Waals surface area contributed by atoms with Gasteiger partial charge in [0.05, 0.1) is 11.4 Å². The fraction of sp³-hybridized carbons (Fsp3) is 0.160. The number of carbonyl (C=O) groups excluding carboxylic acids is 1. The molecule has 1 N–H and O–H groups in total. The van der Waals surface area contributed by atoms with Gasteiger partial charge in [0.25, 0.3) is 11.5 Å². The van der Waals surface area contributed by atoms with Gasteiger partial charge in [-0.3, -0.25) is 9.59 Å². The third kappa shape index (κ3) is 4.74. The second-order valence-electron chi connectivity index (χ2n) is 7.28. The first kappa shape index (κ1) is 22.1. The molecule has 1 atom stereocenters. The first-order valence-electron chi connectivity index (χ1n) is 10.4. The largest absolute Gasteiger partial charge is 0.435 e. The number of carbonyl (C=O) groups is 1. The van der Waals surface area contributed by atoms with Crippen molar-refractivity contribution < 1.29 is 18.3 Å². The van der Waals surface area contributed by atoms with Gasteiger partial charge < -0.3 is 10.1 Å². The minimum Gasteiger partial charge on any atom is -0.435 e. The molecular weight excluding hydrogens is 428 g/mol. The molecule has 8 heteroatoms. The SMILES string of the molecule is CCn1nc(C(=O)NC(c2ccccc2)c2ccc(OC(F)F)cc2)c2ccccc2c1=O. The number of aryl methyl sites for hydroxylation is 1. The van der Waals surface area contributed by atoms with E-state index in [1.54, 1.807) is 43.3 Å². The fourth-order valence-electron chi connectivity index (χ4n) is 3.66. The molecule has 0 radical (unpaired) electrons. The summed E-state index contributed by atoms with van der Waals surface area (Å²) < 4.78 is 30.7. The van der Waals surface area contributed by atoms with E-state index in [4.69, 9.17) is 0 Å². The van der Waals surface area contributed by atoms with Crippen molar-refractivity contribution in [1.82, 2.24) is 15.1 Å². The van der Waals surface area contributed by atoms with Crippen molar-refractivity contribution >= 4 is 16.7 Å². The third-order valence-electron chi connectivity index (χ3n) is 5.23. The van der Waals surface area contributed by atoms with Gasteiger partial charge in [-0.25, -0.2) is 4.68 Å². The number of hydrogen-bond donors (Lipinski definition) is 1. The van der Waals surface area contributed by atoms with Gasteiger partial charge in [-0.05, 0) is 36.2 Å². The molecule has 1 unspecified atom stereocenters. The molecule has 0 aliphatic rings. The van der Waals surface area contributed by atoms with Crippen molar-refractivity contribution in [1.29, 1.82) is 0 Å². The molecule has 0 saturated heterocycles. The number of ether oxygens (including phenoxy) is 1. The van der Waals surface area contributed by atoms with E-state index < -0.39 is 18.6 Å². The Morgan fingerprint density at radius 3 is 2.18 bits per heavy atom. The summed E-state index contributed by atoms with van der Waals surface area (Å²) in [6.45, 7) is -0.827. The molecule has 6 nitrogen and oxygen atoms in total. The van der Waals surface area contributed by atoms with Crippen molar-refractivity contribution in [3.63, 3.8) is 0 Å². The molecule has 3 aromatic carbocycles. The van der Waals surface area contributed by atoms with Gasteiger partial charge in [0, 0.05) is 11.9 Å². The standard InChI is InChI=1S/C25H21F2N3O3/c1-2-30-24(32)20-11-7-6-10-19(20)22(29-30)23(31)28-21(16-8-4-3-5-9-16)17-12-14-18(15-13-17)33-25(26)27/h3-15,21,25H,2H2,1H3,(H,28,31). The van der Waals surface area contributed by atoms with Crippen LogP contribution in [0.1, 0.15) is 34.6 Å². The molecule has 1 aromatic heterocycles. The number of nitrogens with one attached hydrogen (secondary N) is 1. The molecule has 33 heavy (non-hydrogen) atoms. The first-order valence-corrected chi connectivity index (χ1v) is 10.4. The molecule has 168 valence electrons. The Labute approximate surface area is 188 Å². The van der Waals surface area contributed by atoms with Gasteiger partial charge in [0.15, 0.2) is 5.69 Å². The molecule has 0 saturated carbocycles. The number of fused-ring (bicyclic) bond motifs is 1. The van der Waals surface area contributed by atoms with Crippen LogP contribution in [0.2, 0.25) is 0 Å². The molecular formula is C25H21F2N3O3. The van der Waals surface area contributed by atoms with Gasteiger partial charge >= 0.3 is 6.61 Å². The molecule has 0 aliphatic carbocycles. The van der Waals surface area contributed by atoms with Crippen molar-refractivity contribution in [2.75, 3.05) is 0 Å². The van der Waals surface area contributed by atoms with Gasteiger partial charge in [-0.15, -0.1) is 0 Å². The summed E-state index contributed by atoms with van der Waals surface area (Å²) in [5.41, 5.74) is 1.33. The number of amides is 1. The summed E-state index contributed by atoms with van der Waals surface area (Å²) in [6, 6.07) is 21.6. The Hall–Kier alpha value is -4.07. The van der Waals surface area contributed by atoms with Crippen LogP contribution in [0.4, 0.5) is 8.78 Å². The van der Waals surface area contributed by atoms with Gasteiger partial charge in [-0.1, -0.05) is 60.7 Å². The number of nitrogens with zero attached hydrogens (tertiary/aromatic N) is 2. The third-order valence-corrected chi connectivity index (χ3v) is 5.23. The normalized spacial score (nSPS) is 12.0. The molecule has 1 heterocycles. The Morgan fingerprint density at radius 2 is 1.55 bits per heavy atom. The molecule has 4 aromatic rings. The maximum Gasteiger partial charge on any atom is 0.387 e. The molecule has 0 fully saturated rings. The van der Waals surface area contributed by atoms with E-state index in [9.17, 15) is 18.4 Å². The lowest BCUT2D eigenvalue weighted by Gasteiger charge is -2.21. The fourth-order valence-corrected chi connectivity index (χ4v) is 3.66. The monoisotopic (exact) mass is 449 g/mol. The highest BCUT2D eigenvalue weighted by Gasteiger charge is 2.22.